The summed E-state index contributed by atoms with van der Waals surface area (Å²) in [5.74, 6) is 4.37. The zero-order valence-corrected chi connectivity index (χ0v) is 27.3. The van der Waals surface area contributed by atoms with Crippen LogP contribution < -0.4 is 10.5 Å². The number of primary amides is 1. The van der Waals surface area contributed by atoms with Crippen molar-refractivity contribution >= 4 is 29.3 Å². The monoisotopic (exact) mass is 613 g/mol. The number of hydrogen-bond acceptors (Lipinski definition) is 5. The number of halogens is 1. The molecular weight excluding hydrogens is 566 g/mol. The number of ether oxygens (including phenoxy) is 2. The van der Waals surface area contributed by atoms with Crippen molar-refractivity contribution in [2.24, 2.45) is 5.73 Å². The largest absolute Gasteiger partial charge is 0.494 e. The van der Waals surface area contributed by atoms with E-state index in [1.807, 2.05) is 64.1 Å². The Morgan fingerprint density at radius 2 is 1.90 bits per heavy atom. The van der Waals surface area contributed by atoms with Crippen molar-refractivity contribution in [3.8, 4) is 18.1 Å². The van der Waals surface area contributed by atoms with Gasteiger partial charge in [0.1, 0.15) is 5.75 Å². The highest BCUT2D eigenvalue weighted by atomic mass is 35.5. The van der Waals surface area contributed by atoms with Gasteiger partial charge in [0, 0.05) is 29.4 Å². The first-order valence-electron chi connectivity index (χ1n) is 14.7. The van der Waals surface area contributed by atoms with Crippen LogP contribution in [0.5, 0.6) is 5.75 Å². The van der Waals surface area contributed by atoms with Crippen LogP contribution in [-0.2, 0) is 16.0 Å². The summed E-state index contributed by atoms with van der Waals surface area (Å²) < 4.78 is 12.0. The molecule has 0 radical (unpaired) electrons. The summed E-state index contributed by atoms with van der Waals surface area (Å²) >= 11 is 8.29. The normalized spacial score (nSPS) is 18.2. The molecule has 3 atom stereocenters. The fourth-order valence-corrected chi connectivity index (χ4v) is 5.49. The minimum absolute atomic E-state index is 0.0336. The number of thioether (sulfide) groups is 1. The lowest BCUT2D eigenvalue weighted by atomic mass is 9.94. The Labute approximate surface area is 262 Å². The molecule has 3 unspecified atom stereocenters. The topological polar surface area (TPSA) is 81.8 Å². The number of nitrogens with two attached hydrogens (primary N) is 1. The smallest absolute Gasteiger partial charge is 0.221 e. The van der Waals surface area contributed by atoms with Crippen LogP contribution in [-0.4, -0.2) is 41.3 Å². The standard InChI is InChI=1S/C30H38ClNO4S.C3H4.C2H6/c1-3-6-21(16-30(32)34)7-5-14-37-20-27-18-25(33)19-29(36-27)23-10-13-28(31)24(17-23)15-22-8-11-26(12-9-22)35-4-2;1-3-2;1-2/h5-13,17,25,27,29,33H,3-4,14-16,18-20H2,1-2H3,(H2,32,34);1H,2H3;1-2H3/b7-5-,21-6+;;. The number of allylic oxidation sites excluding steroid dienone is 2. The van der Waals surface area contributed by atoms with Crippen LogP contribution in [0.15, 0.2) is 66.3 Å². The molecule has 1 amide bonds. The molecule has 1 aliphatic rings. The van der Waals surface area contributed by atoms with Crippen molar-refractivity contribution in [1.82, 2.24) is 0 Å². The Kier molecular flexibility index (Phi) is 19.5. The van der Waals surface area contributed by atoms with Crippen LogP contribution in [0.1, 0.15) is 83.1 Å². The fourth-order valence-electron chi connectivity index (χ4n) is 4.46. The summed E-state index contributed by atoms with van der Waals surface area (Å²) in [6.45, 7) is 10.3. The summed E-state index contributed by atoms with van der Waals surface area (Å²) in [5, 5.41) is 11.3. The number of benzene rings is 2. The number of terminal acetylenes is 1. The highest BCUT2D eigenvalue weighted by Crippen LogP contribution is 2.35. The lowest BCUT2D eigenvalue weighted by Crippen LogP contribution is -2.33. The Bertz CT molecular complexity index is 1160. The van der Waals surface area contributed by atoms with Crippen molar-refractivity contribution in [3.63, 3.8) is 0 Å². The van der Waals surface area contributed by atoms with E-state index in [-0.39, 0.29) is 24.5 Å². The van der Waals surface area contributed by atoms with Gasteiger partial charge in [-0.3, -0.25) is 4.79 Å². The average molecular weight is 614 g/mol. The molecule has 3 N–H and O–H groups in total. The van der Waals surface area contributed by atoms with Gasteiger partial charge < -0.3 is 20.3 Å². The highest BCUT2D eigenvalue weighted by molar-refractivity contribution is 7.99. The van der Waals surface area contributed by atoms with Crippen LogP contribution in [0, 0.1) is 12.3 Å². The molecular formula is C35H48ClNO4S. The van der Waals surface area contributed by atoms with Gasteiger partial charge in [-0.15, -0.1) is 12.3 Å². The summed E-state index contributed by atoms with van der Waals surface area (Å²) in [5.41, 5.74) is 9.51. The van der Waals surface area contributed by atoms with Crippen LogP contribution in [0.3, 0.4) is 0 Å². The van der Waals surface area contributed by atoms with Gasteiger partial charge in [0.25, 0.3) is 0 Å². The number of hydrogen-bond donors (Lipinski definition) is 2. The van der Waals surface area contributed by atoms with Gasteiger partial charge in [-0.2, -0.15) is 11.8 Å². The van der Waals surface area contributed by atoms with E-state index in [0.717, 1.165) is 51.0 Å². The van der Waals surface area contributed by atoms with Crippen molar-refractivity contribution in [1.29, 1.82) is 0 Å². The lowest BCUT2D eigenvalue weighted by Gasteiger charge is -2.33. The van der Waals surface area contributed by atoms with Gasteiger partial charge in [-0.05, 0) is 67.2 Å². The van der Waals surface area contributed by atoms with E-state index in [2.05, 4.69) is 36.6 Å². The van der Waals surface area contributed by atoms with E-state index in [1.165, 1.54) is 0 Å². The van der Waals surface area contributed by atoms with E-state index in [1.54, 1.807) is 18.7 Å². The van der Waals surface area contributed by atoms with Gasteiger partial charge in [0.15, 0.2) is 0 Å². The lowest BCUT2D eigenvalue weighted by molar-refractivity contribution is -0.117. The zero-order chi connectivity index (χ0) is 31.3. The first kappa shape index (κ1) is 37.3. The third-order valence-electron chi connectivity index (χ3n) is 6.14. The molecule has 1 heterocycles. The molecule has 1 saturated heterocycles. The fraction of sp³-hybridized carbons (Fsp3) is 0.457. The van der Waals surface area contributed by atoms with Crippen molar-refractivity contribution in [2.45, 2.75) is 85.0 Å². The third kappa shape index (κ3) is 14.5. The number of aliphatic hydroxyl groups excluding tert-OH is 1. The van der Waals surface area contributed by atoms with Gasteiger partial charge in [0.05, 0.1) is 31.3 Å². The van der Waals surface area contributed by atoms with E-state index in [9.17, 15) is 9.90 Å². The minimum Gasteiger partial charge on any atom is -0.494 e. The summed E-state index contributed by atoms with van der Waals surface area (Å²) in [7, 11) is 0. The van der Waals surface area contributed by atoms with Crippen molar-refractivity contribution < 1.29 is 19.4 Å². The molecule has 7 heteroatoms. The van der Waals surface area contributed by atoms with Crippen LogP contribution in [0.2, 0.25) is 5.02 Å². The molecule has 0 aliphatic carbocycles. The zero-order valence-electron chi connectivity index (χ0n) is 25.8. The van der Waals surface area contributed by atoms with E-state index < -0.39 is 6.10 Å². The molecule has 0 bridgehead atoms. The van der Waals surface area contributed by atoms with Crippen LogP contribution in [0.25, 0.3) is 0 Å². The van der Waals surface area contributed by atoms with Gasteiger partial charge in [0.2, 0.25) is 5.91 Å². The second kappa shape index (κ2) is 21.9. The molecule has 1 aliphatic heterocycles. The minimum atomic E-state index is -0.403. The maximum Gasteiger partial charge on any atom is 0.221 e. The number of aliphatic hydroxyl groups is 1. The summed E-state index contributed by atoms with van der Waals surface area (Å²) in [4.78, 5) is 11.2. The Morgan fingerprint density at radius 3 is 2.52 bits per heavy atom. The SMILES string of the molecule is C#CC.CC.CC/C=C(\C=C/CSCC1CC(O)CC(c2ccc(Cl)c(Cc3ccc(OCC)cc3)c2)O1)CC(N)=O. The van der Waals surface area contributed by atoms with Crippen LogP contribution >= 0.6 is 23.4 Å². The predicted octanol–water partition coefficient (Wildman–Crippen LogP) is 8.08. The number of carbonyl (C=O) groups excluding carboxylic acids is 1. The molecule has 0 saturated carbocycles. The number of amides is 1. The number of rotatable bonds is 13. The first-order chi connectivity index (χ1) is 20.3. The maximum absolute atomic E-state index is 11.2. The second-order valence-electron chi connectivity index (χ2n) is 9.54. The molecule has 2 aromatic rings. The van der Waals surface area contributed by atoms with E-state index in [4.69, 9.17) is 26.8 Å². The molecule has 0 spiro atoms. The Hall–Kier alpha value is -2.69. The highest BCUT2D eigenvalue weighted by Gasteiger charge is 2.29. The Morgan fingerprint density at radius 1 is 1.21 bits per heavy atom. The van der Waals surface area contributed by atoms with Gasteiger partial charge in [-0.25, -0.2) is 0 Å². The molecule has 1 fully saturated rings. The number of carbonyl (C=O) groups is 1. The van der Waals surface area contributed by atoms with Crippen molar-refractivity contribution in [2.75, 3.05) is 18.1 Å². The maximum atomic E-state index is 11.2. The van der Waals surface area contributed by atoms with Crippen LogP contribution in [0.4, 0.5) is 0 Å². The van der Waals surface area contributed by atoms with E-state index in [0.29, 0.717) is 25.9 Å². The second-order valence-corrected chi connectivity index (χ2v) is 11.0. The Balaban J connectivity index is 0.00000165. The van der Waals surface area contributed by atoms with Gasteiger partial charge >= 0.3 is 0 Å². The molecule has 0 aromatic heterocycles. The summed E-state index contributed by atoms with van der Waals surface area (Å²) in [6.07, 6.45) is 13.1. The average Bonchev–Trinajstić information content (AvgIpc) is 2.96. The third-order valence-corrected chi connectivity index (χ3v) is 7.55. The first-order valence-corrected chi connectivity index (χ1v) is 16.2. The predicted molar refractivity (Wildman–Crippen MR) is 179 cm³/mol. The molecule has 42 heavy (non-hydrogen) atoms. The quantitative estimate of drug-likeness (QED) is 0.136. The van der Waals surface area contributed by atoms with E-state index >= 15 is 0 Å². The van der Waals surface area contributed by atoms with Gasteiger partial charge in [-0.1, -0.05) is 74.9 Å². The molecule has 3 rings (SSSR count). The molecule has 5 nitrogen and oxygen atoms in total. The van der Waals surface area contributed by atoms with Crippen molar-refractivity contribution in [3.05, 3.63) is 88.0 Å². The summed E-state index contributed by atoms with van der Waals surface area (Å²) in [6, 6.07) is 14.1. The molecule has 230 valence electrons. The molecule has 2 aromatic carbocycles.